The fraction of sp³-hybridized carbons (Fsp3) is 0.818. The monoisotopic (exact) mass is 277 g/mol. The van der Waals surface area contributed by atoms with Gasteiger partial charge in [0.05, 0.1) is 0 Å². The Balaban J connectivity index is 2.40. The van der Waals surface area contributed by atoms with Crippen LogP contribution in [0.3, 0.4) is 0 Å². The third-order valence-corrected chi connectivity index (χ3v) is 2.89. The third kappa shape index (κ3) is 4.51. The van der Waals surface area contributed by atoms with Crippen molar-refractivity contribution in [3.8, 4) is 0 Å². The summed E-state index contributed by atoms with van der Waals surface area (Å²) in [6, 6.07) is 0. The van der Waals surface area contributed by atoms with Gasteiger partial charge >= 0.3 is 0 Å². The van der Waals surface area contributed by atoms with Gasteiger partial charge in [-0.3, -0.25) is 4.79 Å². The van der Waals surface area contributed by atoms with Crippen LogP contribution in [0, 0.1) is 0 Å². The van der Waals surface area contributed by atoms with Crippen molar-refractivity contribution in [2.45, 2.75) is 50.5 Å². The number of ether oxygens (including phenoxy) is 1. The Bertz CT molecular complexity index is 335. The number of aliphatic hydroxyl groups excluding tert-OH is 4. The SMILES string of the molecule is CC(=O)CCC(=O)NC[C@@H]1OC(O)[C@@H](O)C(O)[C@@H]1O. The molecule has 0 aliphatic carbocycles. The molecule has 2 unspecified atom stereocenters. The summed E-state index contributed by atoms with van der Waals surface area (Å²) in [5.41, 5.74) is 0. The largest absolute Gasteiger partial charge is 0.388 e. The fourth-order valence-electron chi connectivity index (χ4n) is 1.69. The quantitative estimate of drug-likeness (QED) is 0.368. The van der Waals surface area contributed by atoms with Crippen LogP contribution < -0.4 is 5.32 Å². The summed E-state index contributed by atoms with van der Waals surface area (Å²) in [6.07, 6.45) is -7.10. The lowest BCUT2D eigenvalue weighted by molar-refractivity contribution is -0.280. The summed E-state index contributed by atoms with van der Waals surface area (Å²) in [4.78, 5) is 22.0. The number of amides is 1. The van der Waals surface area contributed by atoms with Gasteiger partial charge in [-0.2, -0.15) is 0 Å². The Morgan fingerprint density at radius 1 is 1.05 bits per heavy atom. The van der Waals surface area contributed by atoms with E-state index in [-0.39, 0.29) is 25.2 Å². The van der Waals surface area contributed by atoms with Gasteiger partial charge in [-0.1, -0.05) is 0 Å². The maximum Gasteiger partial charge on any atom is 0.220 e. The maximum absolute atomic E-state index is 11.3. The van der Waals surface area contributed by atoms with E-state index in [2.05, 4.69) is 5.32 Å². The van der Waals surface area contributed by atoms with Crippen molar-refractivity contribution in [2.75, 3.05) is 6.54 Å². The normalized spacial score (nSPS) is 34.9. The average molecular weight is 277 g/mol. The zero-order chi connectivity index (χ0) is 14.6. The van der Waals surface area contributed by atoms with Crippen molar-refractivity contribution >= 4 is 11.7 Å². The van der Waals surface area contributed by atoms with Crippen molar-refractivity contribution < 1.29 is 34.8 Å². The van der Waals surface area contributed by atoms with Crippen LogP contribution in [-0.2, 0) is 14.3 Å². The number of rotatable bonds is 5. The van der Waals surface area contributed by atoms with E-state index in [1.807, 2.05) is 0 Å². The second-order valence-electron chi connectivity index (χ2n) is 4.54. The van der Waals surface area contributed by atoms with Crippen molar-refractivity contribution in [1.29, 1.82) is 0 Å². The molecule has 110 valence electrons. The number of ketones is 1. The van der Waals surface area contributed by atoms with Crippen molar-refractivity contribution in [1.82, 2.24) is 5.32 Å². The summed E-state index contributed by atoms with van der Waals surface area (Å²) in [5.74, 6) is -0.515. The number of carbonyl (C=O) groups excluding carboxylic acids is 2. The molecule has 1 saturated heterocycles. The fourth-order valence-corrected chi connectivity index (χ4v) is 1.69. The molecule has 0 aromatic rings. The molecule has 1 heterocycles. The van der Waals surface area contributed by atoms with Gasteiger partial charge in [-0.05, 0) is 6.92 Å². The van der Waals surface area contributed by atoms with Crippen molar-refractivity contribution in [2.24, 2.45) is 0 Å². The molecule has 1 aliphatic rings. The molecule has 0 saturated carbocycles. The number of hydrogen-bond donors (Lipinski definition) is 5. The first kappa shape index (κ1) is 16.0. The molecule has 0 aromatic heterocycles. The Morgan fingerprint density at radius 2 is 1.68 bits per heavy atom. The van der Waals surface area contributed by atoms with Gasteiger partial charge < -0.3 is 35.3 Å². The van der Waals surface area contributed by atoms with E-state index in [0.29, 0.717) is 0 Å². The van der Waals surface area contributed by atoms with Crippen molar-refractivity contribution in [3.05, 3.63) is 0 Å². The molecule has 1 rings (SSSR count). The first-order valence-corrected chi connectivity index (χ1v) is 5.96. The zero-order valence-corrected chi connectivity index (χ0v) is 10.5. The van der Waals surface area contributed by atoms with Crippen LogP contribution in [0.15, 0.2) is 0 Å². The lowest BCUT2D eigenvalue weighted by atomic mass is 9.99. The van der Waals surface area contributed by atoms with Gasteiger partial charge in [0.2, 0.25) is 5.91 Å². The lowest BCUT2D eigenvalue weighted by Gasteiger charge is -2.38. The van der Waals surface area contributed by atoms with Crippen molar-refractivity contribution in [3.63, 3.8) is 0 Å². The molecule has 8 nitrogen and oxygen atoms in total. The smallest absolute Gasteiger partial charge is 0.220 e. The minimum atomic E-state index is -1.63. The lowest BCUT2D eigenvalue weighted by Crippen LogP contribution is -2.60. The van der Waals surface area contributed by atoms with Gasteiger partial charge in [0.1, 0.15) is 30.2 Å². The van der Waals surface area contributed by atoms with Crippen LogP contribution >= 0.6 is 0 Å². The number of nitrogens with one attached hydrogen (secondary N) is 1. The van der Waals surface area contributed by atoms with Crippen LogP contribution in [-0.4, -0.2) is 69.4 Å². The predicted molar refractivity (Wildman–Crippen MR) is 61.8 cm³/mol. The molecule has 1 aliphatic heterocycles. The molecular weight excluding hydrogens is 258 g/mol. The number of aliphatic hydroxyl groups is 4. The van der Waals surface area contributed by atoms with E-state index in [4.69, 9.17) is 4.74 Å². The Morgan fingerprint density at radius 3 is 2.26 bits per heavy atom. The van der Waals surface area contributed by atoms with Crippen LogP contribution in [0.2, 0.25) is 0 Å². The first-order chi connectivity index (χ1) is 8.82. The van der Waals surface area contributed by atoms with Crippen LogP contribution in [0.1, 0.15) is 19.8 Å². The summed E-state index contributed by atoms with van der Waals surface area (Å²) in [5, 5.41) is 40.0. The zero-order valence-electron chi connectivity index (χ0n) is 10.5. The predicted octanol–water partition coefficient (Wildman–Crippen LogP) is -2.73. The molecule has 1 amide bonds. The van der Waals surface area contributed by atoms with Gasteiger partial charge in [-0.25, -0.2) is 0 Å². The average Bonchev–Trinajstić information content (AvgIpc) is 2.36. The highest BCUT2D eigenvalue weighted by molar-refractivity contribution is 5.83. The summed E-state index contributed by atoms with van der Waals surface area (Å²) in [6.45, 7) is 1.23. The van der Waals surface area contributed by atoms with E-state index in [9.17, 15) is 30.0 Å². The Kier molecular flexibility index (Phi) is 5.83. The first-order valence-electron chi connectivity index (χ1n) is 5.96. The number of Topliss-reactive ketones (excluding diaryl/α,β-unsaturated/α-hetero) is 1. The second-order valence-corrected chi connectivity index (χ2v) is 4.54. The van der Waals surface area contributed by atoms with E-state index in [1.165, 1.54) is 6.92 Å². The molecule has 8 heteroatoms. The van der Waals surface area contributed by atoms with Gasteiger partial charge in [0, 0.05) is 19.4 Å². The summed E-state index contributed by atoms with van der Waals surface area (Å²) >= 11 is 0. The van der Waals surface area contributed by atoms with E-state index in [1.54, 1.807) is 0 Å². The molecule has 0 radical (unpaired) electrons. The van der Waals surface area contributed by atoms with E-state index >= 15 is 0 Å². The standard InChI is InChI=1S/C11H19NO7/c1-5(13)2-3-7(14)12-4-6-8(15)9(16)10(17)11(18)19-6/h6,8-11,15-18H,2-4H2,1H3,(H,12,14)/t6-,8+,9?,10-,11?/m0/s1. The Labute approximate surface area is 110 Å². The molecular formula is C11H19NO7. The van der Waals surface area contributed by atoms with Crippen LogP contribution in [0.4, 0.5) is 0 Å². The maximum atomic E-state index is 11.3. The minimum Gasteiger partial charge on any atom is -0.388 e. The highest BCUT2D eigenvalue weighted by atomic mass is 16.6. The molecule has 0 aromatic carbocycles. The molecule has 5 N–H and O–H groups in total. The third-order valence-electron chi connectivity index (χ3n) is 2.89. The minimum absolute atomic E-state index is 0.0197. The van der Waals surface area contributed by atoms with E-state index in [0.717, 1.165) is 0 Å². The van der Waals surface area contributed by atoms with Gasteiger partial charge in [-0.15, -0.1) is 0 Å². The van der Waals surface area contributed by atoms with Gasteiger partial charge in [0.15, 0.2) is 6.29 Å². The van der Waals surface area contributed by atoms with E-state index < -0.39 is 36.6 Å². The summed E-state index contributed by atoms with van der Waals surface area (Å²) in [7, 11) is 0. The molecule has 0 spiro atoms. The molecule has 5 atom stereocenters. The number of carbonyl (C=O) groups is 2. The van der Waals surface area contributed by atoms with Crippen LogP contribution in [0.5, 0.6) is 0 Å². The highest BCUT2D eigenvalue weighted by Crippen LogP contribution is 2.19. The summed E-state index contributed by atoms with van der Waals surface area (Å²) < 4.78 is 4.87. The molecule has 1 fully saturated rings. The molecule has 0 bridgehead atoms. The second kappa shape index (κ2) is 6.92. The highest BCUT2D eigenvalue weighted by Gasteiger charge is 2.42. The van der Waals surface area contributed by atoms with Gasteiger partial charge in [0.25, 0.3) is 0 Å². The van der Waals surface area contributed by atoms with Crippen LogP contribution in [0.25, 0.3) is 0 Å². The Hall–Kier alpha value is -1.06. The number of hydrogen-bond acceptors (Lipinski definition) is 7. The topological polar surface area (TPSA) is 136 Å². The molecule has 19 heavy (non-hydrogen) atoms.